The summed E-state index contributed by atoms with van der Waals surface area (Å²) in [6.07, 6.45) is -0.129. The molecular formula is C15H15N3O4S2. The molecule has 0 fully saturated rings. The highest BCUT2D eigenvalue weighted by molar-refractivity contribution is 7.91. The summed E-state index contributed by atoms with van der Waals surface area (Å²) >= 11 is 0.961. The second kappa shape index (κ2) is 6.70. The van der Waals surface area contributed by atoms with E-state index in [4.69, 9.17) is 4.42 Å². The van der Waals surface area contributed by atoms with E-state index in [1.165, 1.54) is 6.07 Å². The predicted molar refractivity (Wildman–Crippen MR) is 89.4 cm³/mol. The van der Waals surface area contributed by atoms with E-state index in [1.54, 1.807) is 24.3 Å². The van der Waals surface area contributed by atoms with Gasteiger partial charge in [-0.1, -0.05) is 6.07 Å². The van der Waals surface area contributed by atoms with Crippen molar-refractivity contribution in [2.45, 2.75) is 24.8 Å². The summed E-state index contributed by atoms with van der Waals surface area (Å²) < 4.78 is 38.3. The van der Waals surface area contributed by atoms with Crippen LogP contribution in [-0.4, -0.2) is 28.8 Å². The maximum Gasteiger partial charge on any atom is 0.221 e. The van der Waals surface area contributed by atoms with E-state index in [0.717, 1.165) is 17.5 Å². The van der Waals surface area contributed by atoms with Gasteiger partial charge in [0.2, 0.25) is 5.91 Å². The molecule has 1 aromatic carbocycles. The molecule has 0 bridgehead atoms. The molecule has 0 radical (unpaired) electrons. The van der Waals surface area contributed by atoms with Crippen LogP contribution in [0.15, 0.2) is 39.6 Å². The standard InChI is InChI=1S/C15H15N3O4S2/c1-10-5-6-11(22-10)9-16-14(19)7-8-24(20,21)13-4-2-3-12-15(13)18-23-17-12/h2-6H,7-9H2,1H3,(H,16,19). The molecule has 7 nitrogen and oxygen atoms in total. The Hall–Kier alpha value is -2.26. The molecule has 0 saturated carbocycles. The molecule has 0 atom stereocenters. The summed E-state index contributed by atoms with van der Waals surface area (Å²) in [7, 11) is -3.61. The van der Waals surface area contributed by atoms with Crippen molar-refractivity contribution < 1.29 is 17.6 Å². The number of aromatic nitrogens is 2. The molecular weight excluding hydrogens is 350 g/mol. The lowest BCUT2D eigenvalue weighted by Crippen LogP contribution is -2.25. The van der Waals surface area contributed by atoms with Crippen LogP contribution in [0.5, 0.6) is 0 Å². The molecule has 0 saturated heterocycles. The molecule has 0 spiro atoms. The summed E-state index contributed by atoms with van der Waals surface area (Å²) in [6, 6.07) is 8.38. The van der Waals surface area contributed by atoms with E-state index in [2.05, 4.69) is 14.1 Å². The van der Waals surface area contributed by atoms with E-state index in [-0.39, 0.29) is 29.5 Å². The topological polar surface area (TPSA) is 102 Å². The van der Waals surface area contributed by atoms with Gasteiger partial charge in [-0.25, -0.2) is 8.42 Å². The van der Waals surface area contributed by atoms with Gasteiger partial charge in [-0.3, -0.25) is 4.79 Å². The van der Waals surface area contributed by atoms with Crippen LogP contribution in [0, 0.1) is 6.92 Å². The lowest BCUT2D eigenvalue weighted by Gasteiger charge is -2.06. The Morgan fingerprint density at radius 2 is 2.08 bits per heavy atom. The summed E-state index contributed by atoms with van der Waals surface area (Å²) in [5, 5.41) is 2.65. The van der Waals surface area contributed by atoms with Crippen molar-refractivity contribution in [3.63, 3.8) is 0 Å². The van der Waals surface area contributed by atoms with Crippen molar-refractivity contribution >= 4 is 38.5 Å². The number of nitrogens with zero attached hydrogens (tertiary/aromatic N) is 2. The van der Waals surface area contributed by atoms with Crippen LogP contribution in [-0.2, 0) is 21.2 Å². The molecule has 24 heavy (non-hydrogen) atoms. The number of benzene rings is 1. The first kappa shape index (κ1) is 16.6. The van der Waals surface area contributed by atoms with E-state index in [1.807, 2.05) is 6.92 Å². The van der Waals surface area contributed by atoms with Crippen LogP contribution in [0.2, 0.25) is 0 Å². The van der Waals surface area contributed by atoms with Crippen LogP contribution in [0.4, 0.5) is 0 Å². The van der Waals surface area contributed by atoms with Crippen molar-refractivity contribution in [2.24, 2.45) is 0 Å². The molecule has 0 aliphatic heterocycles. The fourth-order valence-corrected chi connectivity index (χ4v) is 4.24. The minimum Gasteiger partial charge on any atom is -0.465 e. The minimum absolute atomic E-state index is 0.114. The normalized spacial score (nSPS) is 11.7. The van der Waals surface area contributed by atoms with E-state index < -0.39 is 9.84 Å². The van der Waals surface area contributed by atoms with E-state index in [0.29, 0.717) is 16.8 Å². The van der Waals surface area contributed by atoms with Gasteiger partial charge in [0.15, 0.2) is 9.84 Å². The molecule has 0 aliphatic rings. The molecule has 3 rings (SSSR count). The van der Waals surface area contributed by atoms with Crippen LogP contribution in [0.25, 0.3) is 11.0 Å². The summed E-state index contributed by atoms with van der Waals surface area (Å²) in [5.41, 5.74) is 0.896. The van der Waals surface area contributed by atoms with Gasteiger partial charge in [-0.05, 0) is 31.2 Å². The lowest BCUT2D eigenvalue weighted by molar-refractivity contribution is -0.120. The number of fused-ring (bicyclic) bond motifs is 1. The van der Waals surface area contributed by atoms with E-state index >= 15 is 0 Å². The zero-order chi connectivity index (χ0) is 17.2. The average molecular weight is 365 g/mol. The average Bonchev–Trinajstić information content (AvgIpc) is 3.19. The zero-order valence-corrected chi connectivity index (χ0v) is 14.5. The van der Waals surface area contributed by atoms with Gasteiger partial charge >= 0.3 is 0 Å². The molecule has 0 unspecified atom stereocenters. The Morgan fingerprint density at radius 3 is 2.83 bits per heavy atom. The fourth-order valence-electron chi connectivity index (χ4n) is 2.22. The number of rotatable bonds is 6. The largest absolute Gasteiger partial charge is 0.465 e. The highest BCUT2D eigenvalue weighted by Gasteiger charge is 2.21. The predicted octanol–water partition coefficient (Wildman–Crippen LogP) is 2.07. The third-order valence-corrected chi connectivity index (χ3v) is 5.72. The van der Waals surface area contributed by atoms with Crippen molar-refractivity contribution in [3.8, 4) is 0 Å². The second-order valence-electron chi connectivity index (χ2n) is 5.25. The molecule has 1 N–H and O–H groups in total. The number of aryl methyl sites for hydroxylation is 1. The molecule has 2 aromatic heterocycles. The third-order valence-electron chi connectivity index (χ3n) is 3.44. The van der Waals surface area contributed by atoms with Gasteiger partial charge in [-0.2, -0.15) is 8.75 Å². The highest BCUT2D eigenvalue weighted by atomic mass is 32.2. The van der Waals surface area contributed by atoms with Crippen molar-refractivity contribution in [2.75, 3.05) is 5.75 Å². The maximum absolute atomic E-state index is 12.5. The molecule has 2 heterocycles. The van der Waals surface area contributed by atoms with Gasteiger partial charge in [0.05, 0.1) is 28.9 Å². The highest BCUT2D eigenvalue weighted by Crippen LogP contribution is 2.22. The van der Waals surface area contributed by atoms with Crippen LogP contribution in [0.1, 0.15) is 17.9 Å². The number of hydrogen-bond acceptors (Lipinski definition) is 7. The Morgan fingerprint density at radius 1 is 1.25 bits per heavy atom. The Balaban J connectivity index is 1.62. The third kappa shape index (κ3) is 3.62. The Bertz CT molecular complexity index is 975. The number of hydrogen-bond donors (Lipinski definition) is 1. The first-order chi connectivity index (χ1) is 11.5. The smallest absolute Gasteiger partial charge is 0.221 e. The number of amides is 1. The molecule has 1 amide bonds. The number of nitrogens with one attached hydrogen (secondary N) is 1. The molecule has 0 aliphatic carbocycles. The summed E-state index contributed by atoms with van der Waals surface area (Å²) in [5.74, 6) is 0.747. The molecule has 126 valence electrons. The molecule has 3 aromatic rings. The number of carbonyl (C=O) groups excluding carboxylic acids is 1. The zero-order valence-electron chi connectivity index (χ0n) is 12.9. The summed E-state index contributed by atoms with van der Waals surface area (Å²) in [6.45, 7) is 2.05. The lowest BCUT2D eigenvalue weighted by atomic mass is 10.3. The van der Waals surface area contributed by atoms with Crippen molar-refractivity contribution in [1.82, 2.24) is 14.1 Å². The van der Waals surface area contributed by atoms with Crippen molar-refractivity contribution in [3.05, 3.63) is 41.9 Å². The molecule has 9 heteroatoms. The van der Waals surface area contributed by atoms with Gasteiger partial charge in [0.25, 0.3) is 0 Å². The van der Waals surface area contributed by atoms with Gasteiger partial charge in [0.1, 0.15) is 22.6 Å². The number of furan rings is 1. The summed E-state index contributed by atoms with van der Waals surface area (Å²) in [4.78, 5) is 12.0. The van der Waals surface area contributed by atoms with E-state index in [9.17, 15) is 13.2 Å². The fraction of sp³-hybridized carbons (Fsp3) is 0.267. The number of carbonyl (C=O) groups is 1. The Labute approximate surface area is 142 Å². The maximum atomic E-state index is 12.5. The van der Waals surface area contributed by atoms with Gasteiger partial charge < -0.3 is 9.73 Å². The minimum atomic E-state index is -3.61. The second-order valence-corrected chi connectivity index (χ2v) is 7.85. The Kier molecular flexibility index (Phi) is 4.63. The first-order valence-corrected chi connectivity index (χ1v) is 9.60. The number of sulfone groups is 1. The monoisotopic (exact) mass is 365 g/mol. The van der Waals surface area contributed by atoms with Gasteiger partial charge in [-0.15, -0.1) is 0 Å². The first-order valence-electron chi connectivity index (χ1n) is 7.22. The van der Waals surface area contributed by atoms with Crippen molar-refractivity contribution in [1.29, 1.82) is 0 Å². The van der Waals surface area contributed by atoms with Crippen LogP contribution < -0.4 is 5.32 Å². The van der Waals surface area contributed by atoms with Gasteiger partial charge in [0, 0.05) is 6.42 Å². The SMILES string of the molecule is Cc1ccc(CNC(=O)CCS(=O)(=O)c2cccc3nsnc23)o1. The van der Waals surface area contributed by atoms with Crippen LogP contribution >= 0.6 is 11.7 Å². The quantitative estimate of drug-likeness (QED) is 0.717. The van der Waals surface area contributed by atoms with Crippen LogP contribution in [0.3, 0.4) is 0 Å².